The second kappa shape index (κ2) is 7.74. The topological polar surface area (TPSA) is 54.5 Å². The van der Waals surface area contributed by atoms with Gasteiger partial charge in [-0.1, -0.05) is 24.6 Å². The molecule has 0 saturated heterocycles. The van der Waals surface area contributed by atoms with E-state index in [1.54, 1.807) is 18.4 Å². The lowest BCUT2D eigenvalue weighted by Gasteiger charge is -2.43. The van der Waals surface area contributed by atoms with Gasteiger partial charge in [0.25, 0.3) is 0 Å². The quantitative estimate of drug-likeness (QED) is 0.799. The number of nitrogens with zero attached hydrogens (tertiary/aromatic N) is 2. The Labute approximate surface area is 171 Å². The van der Waals surface area contributed by atoms with Gasteiger partial charge in [-0.3, -0.25) is 0 Å². The van der Waals surface area contributed by atoms with Gasteiger partial charge in [-0.05, 0) is 45.1 Å². The summed E-state index contributed by atoms with van der Waals surface area (Å²) >= 11 is 1.74. The summed E-state index contributed by atoms with van der Waals surface area (Å²) in [5, 5.41) is 4.32. The molecule has 5 nitrogen and oxygen atoms in total. The molecule has 0 bridgehead atoms. The Balaban J connectivity index is 1.47. The van der Waals surface area contributed by atoms with Crippen LogP contribution in [0.3, 0.4) is 0 Å². The largest absolute Gasteiger partial charge is 0.496 e. The lowest BCUT2D eigenvalue weighted by Crippen LogP contribution is -2.49. The number of aromatic nitrogens is 1. The van der Waals surface area contributed by atoms with Gasteiger partial charge in [-0.2, -0.15) is 0 Å². The number of urea groups is 1. The summed E-state index contributed by atoms with van der Waals surface area (Å²) in [4.78, 5) is 20.8. The number of ether oxygens (including phenoxy) is 1. The molecule has 0 aliphatic heterocycles. The molecule has 1 atom stereocenters. The highest BCUT2D eigenvalue weighted by molar-refractivity contribution is 7.11. The summed E-state index contributed by atoms with van der Waals surface area (Å²) in [6.45, 7) is 2.70. The molecule has 2 amide bonds. The fourth-order valence-corrected chi connectivity index (χ4v) is 5.78. The molecule has 1 N–H and O–H groups in total. The average molecular weight is 400 g/mol. The van der Waals surface area contributed by atoms with Crippen molar-refractivity contribution in [3.63, 3.8) is 0 Å². The fourth-order valence-electron chi connectivity index (χ4n) is 4.63. The first-order valence-electron chi connectivity index (χ1n) is 10.1. The monoisotopic (exact) mass is 399 g/mol. The number of fused-ring (bicyclic) bond motifs is 1. The van der Waals surface area contributed by atoms with Gasteiger partial charge in [0.05, 0.1) is 28.7 Å². The van der Waals surface area contributed by atoms with Crippen LogP contribution in [-0.2, 0) is 11.8 Å². The van der Waals surface area contributed by atoms with Gasteiger partial charge < -0.3 is 15.0 Å². The second-order valence-corrected chi connectivity index (χ2v) is 9.29. The number of carbonyl (C=O) groups excluding carboxylic acids is 1. The molecule has 1 heterocycles. The van der Waals surface area contributed by atoms with Crippen molar-refractivity contribution in [3.05, 3.63) is 45.4 Å². The Morgan fingerprint density at radius 2 is 2.14 bits per heavy atom. The highest BCUT2D eigenvalue weighted by atomic mass is 32.1. The molecule has 1 aromatic carbocycles. The number of para-hydroxylation sites is 1. The van der Waals surface area contributed by atoms with Crippen molar-refractivity contribution in [1.29, 1.82) is 0 Å². The predicted molar refractivity (Wildman–Crippen MR) is 112 cm³/mol. The minimum atomic E-state index is -0.0120. The molecular formula is C22H29N3O2S. The van der Waals surface area contributed by atoms with E-state index in [-0.39, 0.29) is 17.5 Å². The molecule has 2 aromatic rings. The minimum Gasteiger partial charge on any atom is -0.496 e. The predicted octanol–water partition coefficient (Wildman–Crippen LogP) is 4.60. The van der Waals surface area contributed by atoms with Gasteiger partial charge in [-0.25, -0.2) is 9.78 Å². The molecule has 150 valence electrons. The number of carbonyl (C=O) groups is 1. The first-order chi connectivity index (χ1) is 13.5. The Bertz CT molecular complexity index is 859. The maximum absolute atomic E-state index is 13.0. The van der Waals surface area contributed by atoms with Crippen LogP contribution in [0.4, 0.5) is 4.79 Å². The Kier molecular flexibility index (Phi) is 5.32. The van der Waals surface area contributed by atoms with Gasteiger partial charge in [0.15, 0.2) is 0 Å². The number of thiazole rings is 1. The summed E-state index contributed by atoms with van der Waals surface area (Å²) < 4.78 is 5.59. The second-order valence-electron chi connectivity index (χ2n) is 8.06. The summed E-state index contributed by atoms with van der Waals surface area (Å²) in [5.74, 6) is 0.918. The van der Waals surface area contributed by atoms with Crippen LogP contribution in [0.5, 0.6) is 5.75 Å². The van der Waals surface area contributed by atoms with Gasteiger partial charge in [0, 0.05) is 24.6 Å². The van der Waals surface area contributed by atoms with Gasteiger partial charge in [0.2, 0.25) is 0 Å². The van der Waals surface area contributed by atoms with E-state index in [4.69, 9.17) is 4.74 Å². The van der Waals surface area contributed by atoms with E-state index in [1.165, 1.54) is 22.6 Å². The number of nitrogens with one attached hydrogen (secondary N) is 1. The number of hydrogen-bond donors (Lipinski definition) is 1. The van der Waals surface area contributed by atoms with Crippen molar-refractivity contribution in [2.75, 3.05) is 20.7 Å². The number of amides is 2. The summed E-state index contributed by atoms with van der Waals surface area (Å²) in [6, 6.07) is 8.35. The average Bonchev–Trinajstić information content (AvgIpc) is 3.06. The molecule has 2 aliphatic carbocycles. The first-order valence-corrected chi connectivity index (χ1v) is 11.0. The molecule has 0 spiro atoms. The van der Waals surface area contributed by atoms with Crippen LogP contribution in [0.25, 0.3) is 0 Å². The Hall–Kier alpha value is -2.08. The summed E-state index contributed by atoms with van der Waals surface area (Å²) in [5.41, 5.74) is 2.38. The third kappa shape index (κ3) is 3.39. The first kappa shape index (κ1) is 19.2. The van der Waals surface area contributed by atoms with Gasteiger partial charge in [0.1, 0.15) is 5.75 Å². The van der Waals surface area contributed by atoms with E-state index in [0.29, 0.717) is 6.54 Å². The number of rotatable bonds is 5. The minimum absolute atomic E-state index is 0.00470. The highest BCUT2D eigenvalue weighted by Crippen LogP contribution is 2.46. The third-order valence-electron chi connectivity index (χ3n) is 6.38. The molecule has 1 aromatic heterocycles. The van der Waals surface area contributed by atoms with Crippen LogP contribution >= 0.6 is 11.3 Å². The Morgan fingerprint density at radius 3 is 2.86 bits per heavy atom. The molecule has 4 rings (SSSR count). The van der Waals surface area contributed by atoms with Crippen LogP contribution in [0.15, 0.2) is 24.3 Å². The van der Waals surface area contributed by atoms with Crippen molar-refractivity contribution in [2.24, 2.45) is 0 Å². The fraction of sp³-hybridized carbons (Fsp3) is 0.545. The molecular weight excluding hydrogens is 370 g/mol. The van der Waals surface area contributed by atoms with E-state index in [1.807, 2.05) is 31.0 Å². The van der Waals surface area contributed by atoms with Crippen molar-refractivity contribution < 1.29 is 9.53 Å². The summed E-state index contributed by atoms with van der Waals surface area (Å²) in [6.07, 6.45) is 6.48. The van der Waals surface area contributed by atoms with E-state index in [2.05, 4.69) is 22.4 Å². The molecule has 1 unspecified atom stereocenters. The highest BCUT2D eigenvalue weighted by Gasteiger charge is 2.41. The SMILES string of the molecule is COc1ccccc1C1(CNC(=O)N(C)C2CCCc3nc(C)sc32)CCC1. The summed E-state index contributed by atoms with van der Waals surface area (Å²) in [7, 11) is 3.63. The zero-order chi connectivity index (χ0) is 19.7. The molecule has 1 fully saturated rings. The lowest BCUT2D eigenvalue weighted by atomic mass is 9.64. The van der Waals surface area contributed by atoms with Gasteiger partial charge >= 0.3 is 6.03 Å². The number of hydrogen-bond acceptors (Lipinski definition) is 4. The van der Waals surface area contributed by atoms with Crippen molar-refractivity contribution >= 4 is 17.4 Å². The van der Waals surface area contributed by atoms with Crippen LogP contribution < -0.4 is 10.1 Å². The van der Waals surface area contributed by atoms with E-state index < -0.39 is 0 Å². The maximum Gasteiger partial charge on any atom is 0.317 e. The van der Waals surface area contributed by atoms with Crippen molar-refractivity contribution in [2.45, 2.75) is 56.9 Å². The van der Waals surface area contributed by atoms with Crippen LogP contribution in [0, 0.1) is 6.92 Å². The van der Waals surface area contributed by atoms with Crippen LogP contribution in [0.2, 0.25) is 0 Å². The van der Waals surface area contributed by atoms with Crippen LogP contribution in [-0.4, -0.2) is 36.6 Å². The van der Waals surface area contributed by atoms with Crippen molar-refractivity contribution in [1.82, 2.24) is 15.2 Å². The standard InChI is InChI=1S/C22H29N3O2S/c1-15-24-17-9-6-10-18(20(17)28-15)25(2)21(26)23-14-22(12-7-13-22)16-8-4-5-11-19(16)27-3/h4-5,8,11,18H,6-7,9-10,12-14H2,1-3H3,(H,23,26). The van der Waals surface area contributed by atoms with Gasteiger partial charge in [-0.15, -0.1) is 11.3 Å². The number of methoxy groups -OCH3 is 1. The zero-order valence-corrected chi connectivity index (χ0v) is 17.8. The number of aryl methyl sites for hydroxylation is 2. The smallest absolute Gasteiger partial charge is 0.317 e. The zero-order valence-electron chi connectivity index (χ0n) is 17.0. The Morgan fingerprint density at radius 1 is 1.36 bits per heavy atom. The molecule has 2 aliphatic rings. The molecule has 0 radical (unpaired) electrons. The van der Waals surface area contributed by atoms with E-state index in [0.717, 1.165) is 42.9 Å². The van der Waals surface area contributed by atoms with E-state index in [9.17, 15) is 4.79 Å². The van der Waals surface area contributed by atoms with Crippen LogP contribution in [0.1, 0.15) is 59.3 Å². The maximum atomic E-state index is 13.0. The number of benzene rings is 1. The molecule has 6 heteroatoms. The van der Waals surface area contributed by atoms with Crippen molar-refractivity contribution in [3.8, 4) is 5.75 Å². The third-order valence-corrected chi connectivity index (χ3v) is 7.50. The molecule has 28 heavy (non-hydrogen) atoms. The normalized spacial score (nSPS) is 20.0. The van der Waals surface area contributed by atoms with E-state index >= 15 is 0 Å². The lowest BCUT2D eigenvalue weighted by molar-refractivity contribution is 0.172. The molecule has 1 saturated carbocycles.